The van der Waals surface area contributed by atoms with E-state index in [2.05, 4.69) is 4.98 Å². The number of halogens is 1. The lowest BCUT2D eigenvalue weighted by molar-refractivity contribution is 0.0724. The zero-order valence-electron chi connectivity index (χ0n) is 14.9. The van der Waals surface area contributed by atoms with E-state index >= 15 is 0 Å². The third-order valence-corrected chi connectivity index (χ3v) is 5.31. The number of benzene rings is 3. The summed E-state index contributed by atoms with van der Waals surface area (Å²) in [6.45, 7) is 0.350. The Balaban J connectivity index is 1.71. The molecule has 0 radical (unpaired) electrons. The van der Waals surface area contributed by atoms with Gasteiger partial charge in [-0.1, -0.05) is 42.5 Å². The number of phenols is 1. The number of hydrogen-bond acceptors (Lipinski definition) is 2. The standard InChI is InChI=1S/C23H17FN2O2/c24-17-9-5-11-20(27)21(17)22(19-12-14-6-2-4-10-18(14)25-19)26-13-15-7-1-3-8-16(15)23(26)28/h1-12,22,25,27H,13H2/t22-/m0/s1. The number of carbonyl (C=O) groups excluding carboxylic acids is 1. The number of fused-ring (bicyclic) bond motifs is 2. The predicted octanol–water partition coefficient (Wildman–Crippen LogP) is 4.76. The fourth-order valence-electron chi connectivity index (χ4n) is 4.00. The molecule has 0 fully saturated rings. The molecule has 4 nitrogen and oxygen atoms in total. The van der Waals surface area contributed by atoms with E-state index in [4.69, 9.17) is 0 Å². The van der Waals surface area contributed by atoms with E-state index in [1.54, 1.807) is 11.0 Å². The first kappa shape index (κ1) is 16.6. The highest BCUT2D eigenvalue weighted by atomic mass is 19.1. The summed E-state index contributed by atoms with van der Waals surface area (Å²) in [5.41, 5.74) is 3.14. The first-order valence-corrected chi connectivity index (χ1v) is 9.07. The average molecular weight is 372 g/mol. The molecule has 5 heteroatoms. The zero-order chi connectivity index (χ0) is 19.3. The number of phenolic OH excluding ortho intramolecular Hbond substituents is 1. The number of H-pyrrole nitrogens is 1. The Kier molecular flexibility index (Phi) is 3.69. The van der Waals surface area contributed by atoms with Crippen molar-refractivity contribution in [2.24, 2.45) is 0 Å². The highest BCUT2D eigenvalue weighted by Crippen LogP contribution is 2.40. The Morgan fingerprint density at radius 3 is 2.57 bits per heavy atom. The Hall–Kier alpha value is -3.60. The Morgan fingerprint density at radius 1 is 1.00 bits per heavy atom. The molecule has 0 spiro atoms. The molecule has 138 valence electrons. The predicted molar refractivity (Wildman–Crippen MR) is 105 cm³/mol. The van der Waals surface area contributed by atoms with E-state index in [0.717, 1.165) is 16.5 Å². The van der Waals surface area contributed by atoms with Crippen LogP contribution in [-0.2, 0) is 6.54 Å². The van der Waals surface area contributed by atoms with Gasteiger partial charge in [-0.2, -0.15) is 0 Å². The van der Waals surface area contributed by atoms with E-state index in [1.807, 2.05) is 48.5 Å². The van der Waals surface area contributed by atoms with Crippen molar-refractivity contribution in [1.29, 1.82) is 0 Å². The van der Waals surface area contributed by atoms with Gasteiger partial charge in [-0.3, -0.25) is 4.79 Å². The SMILES string of the molecule is O=C1c2ccccc2CN1[C@@H](c1cc2ccccc2[nH]1)c1c(O)cccc1F. The van der Waals surface area contributed by atoms with Gasteiger partial charge < -0.3 is 15.0 Å². The number of aromatic amines is 1. The minimum atomic E-state index is -0.770. The highest BCUT2D eigenvalue weighted by Gasteiger charge is 2.37. The topological polar surface area (TPSA) is 56.3 Å². The summed E-state index contributed by atoms with van der Waals surface area (Å²) in [5, 5.41) is 11.4. The molecule has 2 N–H and O–H groups in total. The monoisotopic (exact) mass is 372 g/mol. The van der Waals surface area contributed by atoms with Crippen molar-refractivity contribution in [3.05, 3.63) is 101 Å². The number of nitrogens with zero attached hydrogens (tertiary/aromatic N) is 1. The van der Waals surface area contributed by atoms with Gasteiger partial charge in [0.25, 0.3) is 5.91 Å². The van der Waals surface area contributed by atoms with Crippen molar-refractivity contribution in [2.45, 2.75) is 12.6 Å². The van der Waals surface area contributed by atoms with E-state index < -0.39 is 11.9 Å². The number of rotatable bonds is 3. The molecule has 1 amide bonds. The Morgan fingerprint density at radius 2 is 1.79 bits per heavy atom. The first-order valence-electron chi connectivity index (χ1n) is 9.07. The van der Waals surface area contributed by atoms with Crippen LogP contribution >= 0.6 is 0 Å². The molecule has 2 heterocycles. The van der Waals surface area contributed by atoms with Crippen LogP contribution < -0.4 is 0 Å². The molecule has 3 aromatic carbocycles. The van der Waals surface area contributed by atoms with Crippen molar-refractivity contribution in [3.8, 4) is 5.75 Å². The normalized spacial score (nSPS) is 14.5. The van der Waals surface area contributed by atoms with Gasteiger partial charge in [-0.15, -0.1) is 0 Å². The zero-order valence-corrected chi connectivity index (χ0v) is 14.9. The smallest absolute Gasteiger partial charge is 0.255 e. The molecular formula is C23H17FN2O2. The summed E-state index contributed by atoms with van der Waals surface area (Å²) in [7, 11) is 0. The second-order valence-corrected chi connectivity index (χ2v) is 6.98. The first-order chi connectivity index (χ1) is 13.6. The lowest BCUT2D eigenvalue weighted by Crippen LogP contribution is -2.31. The number of aromatic nitrogens is 1. The maximum atomic E-state index is 14.8. The van der Waals surface area contributed by atoms with E-state index in [1.165, 1.54) is 18.2 Å². The molecule has 1 aliphatic rings. The lowest BCUT2D eigenvalue weighted by atomic mass is 10.00. The largest absolute Gasteiger partial charge is 0.507 e. The number of para-hydroxylation sites is 1. The Labute approximate surface area is 160 Å². The fourth-order valence-corrected chi connectivity index (χ4v) is 4.00. The van der Waals surface area contributed by atoms with Crippen LogP contribution in [0.2, 0.25) is 0 Å². The fraction of sp³-hybridized carbons (Fsp3) is 0.0870. The van der Waals surface area contributed by atoms with Crippen LogP contribution in [0.3, 0.4) is 0 Å². The minimum absolute atomic E-state index is 0.0928. The summed E-state index contributed by atoms with van der Waals surface area (Å²) < 4.78 is 14.8. The number of aromatic hydroxyl groups is 1. The van der Waals surface area contributed by atoms with Gasteiger partial charge in [0.2, 0.25) is 0 Å². The van der Waals surface area contributed by atoms with Crippen LogP contribution in [0.15, 0.2) is 72.8 Å². The second-order valence-electron chi connectivity index (χ2n) is 6.98. The van der Waals surface area contributed by atoms with Gasteiger partial charge in [0.05, 0.1) is 5.56 Å². The third-order valence-electron chi connectivity index (χ3n) is 5.31. The maximum Gasteiger partial charge on any atom is 0.255 e. The van der Waals surface area contributed by atoms with Crippen molar-refractivity contribution >= 4 is 16.8 Å². The molecule has 1 aliphatic heterocycles. The number of carbonyl (C=O) groups is 1. The quantitative estimate of drug-likeness (QED) is 0.545. The van der Waals surface area contributed by atoms with Crippen LogP contribution in [0.4, 0.5) is 4.39 Å². The lowest BCUT2D eigenvalue weighted by Gasteiger charge is -2.28. The van der Waals surface area contributed by atoms with Gasteiger partial charge in [0.1, 0.15) is 17.6 Å². The van der Waals surface area contributed by atoms with Gasteiger partial charge in [-0.05, 0) is 41.3 Å². The molecule has 0 bridgehead atoms. The second kappa shape index (κ2) is 6.23. The van der Waals surface area contributed by atoms with Crippen LogP contribution in [0.5, 0.6) is 5.75 Å². The summed E-state index contributed by atoms with van der Waals surface area (Å²) >= 11 is 0. The molecular weight excluding hydrogens is 355 g/mol. The summed E-state index contributed by atoms with van der Waals surface area (Å²) in [5.74, 6) is -0.901. The van der Waals surface area contributed by atoms with Crippen molar-refractivity contribution in [1.82, 2.24) is 9.88 Å². The molecule has 4 aromatic rings. The molecule has 1 aromatic heterocycles. The number of amides is 1. The van der Waals surface area contributed by atoms with Gasteiger partial charge in [0, 0.05) is 23.3 Å². The molecule has 28 heavy (non-hydrogen) atoms. The average Bonchev–Trinajstić information content (AvgIpc) is 3.26. The molecule has 0 unspecified atom stereocenters. The summed E-state index contributed by atoms with van der Waals surface area (Å²) in [6.07, 6.45) is 0. The molecule has 5 rings (SSSR count). The maximum absolute atomic E-state index is 14.8. The van der Waals surface area contributed by atoms with Crippen molar-refractivity contribution in [2.75, 3.05) is 0 Å². The molecule has 0 aliphatic carbocycles. The number of nitrogens with one attached hydrogen (secondary N) is 1. The summed E-state index contributed by atoms with van der Waals surface area (Å²) in [6, 6.07) is 20.4. The van der Waals surface area contributed by atoms with Gasteiger partial charge in [-0.25, -0.2) is 4.39 Å². The van der Waals surface area contributed by atoms with Crippen LogP contribution in [0.25, 0.3) is 10.9 Å². The van der Waals surface area contributed by atoms with Crippen molar-refractivity contribution < 1.29 is 14.3 Å². The molecule has 0 saturated heterocycles. The van der Waals surface area contributed by atoms with Gasteiger partial charge >= 0.3 is 0 Å². The summed E-state index contributed by atoms with van der Waals surface area (Å²) in [4.78, 5) is 18.0. The third kappa shape index (κ3) is 2.47. The van der Waals surface area contributed by atoms with Crippen LogP contribution in [-0.4, -0.2) is 20.9 Å². The molecule has 1 atom stereocenters. The van der Waals surface area contributed by atoms with Gasteiger partial charge in [0.15, 0.2) is 0 Å². The van der Waals surface area contributed by atoms with Crippen molar-refractivity contribution in [3.63, 3.8) is 0 Å². The minimum Gasteiger partial charge on any atom is -0.507 e. The van der Waals surface area contributed by atoms with Crippen LogP contribution in [0, 0.1) is 5.82 Å². The van der Waals surface area contributed by atoms with Crippen LogP contribution in [0.1, 0.15) is 33.2 Å². The van der Waals surface area contributed by atoms with E-state index in [0.29, 0.717) is 17.8 Å². The highest BCUT2D eigenvalue weighted by molar-refractivity contribution is 5.99. The molecule has 0 saturated carbocycles. The van der Waals surface area contributed by atoms with E-state index in [9.17, 15) is 14.3 Å². The number of hydrogen-bond donors (Lipinski definition) is 2. The van der Waals surface area contributed by atoms with E-state index in [-0.39, 0.29) is 17.2 Å². The Bertz CT molecular complexity index is 1160.